The van der Waals surface area contributed by atoms with Gasteiger partial charge in [0, 0.05) is 18.2 Å². The number of benzene rings is 2. The maximum Gasteiger partial charge on any atom is 0.222 e. The number of rotatable bonds is 6. The molecule has 0 bridgehead atoms. The molecule has 0 aliphatic carbocycles. The zero-order chi connectivity index (χ0) is 17.6. The highest BCUT2D eigenvalue weighted by atomic mass is 15.1. The van der Waals surface area contributed by atoms with Crippen molar-refractivity contribution in [3.05, 3.63) is 71.3 Å². The second-order valence-electron chi connectivity index (χ2n) is 6.26. The summed E-state index contributed by atoms with van der Waals surface area (Å²) >= 11 is 0. The van der Waals surface area contributed by atoms with E-state index in [1.54, 1.807) is 0 Å². The smallest absolute Gasteiger partial charge is 0.222 e. The van der Waals surface area contributed by atoms with Crippen molar-refractivity contribution in [2.24, 2.45) is 0 Å². The van der Waals surface area contributed by atoms with Gasteiger partial charge in [0.2, 0.25) is 5.95 Å². The number of hydrogen-bond donors (Lipinski definition) is 2. The molecule has 0 aliphatic heterocycles. The van der Waals surface area contributed by atoms with E-state index in [0.717, 1.165) is 36.5 Å². The second-order valence-corrected chi connectivity index (χ2v) is 6.26. The molecule has 3 N–H and O–H groups in total. The fourth-order valence-electron chi connectivity index (χ4n) is 2.88. The van der Waals surface area contributed by atoms with Gasteiger partial charge in [-0.25, -0.2) is 4.98 Å². The molecule has 4 heteroatoms. The maximum atomic E-state index is 5.92. The van der Waals surface area contributed by atoms with Crippen LogP contribution in [0.15, 0.2) is 54.6 Å². The molecule has 128 valence electrons. The molecule has 0 spiro atoms. The number of aryl methyl sites for hydroxylation is 2. The van der Waals surface area contributed by atoms with E-state index in [-0.39, 0.29) is 0 Å². The molecule has 0 radical (unpaired) electrons. The highest BCUT2D eigenvalue weighted by Gasteiger charge is 2.08. The minimum Gasteiger partial charge on any atom is -0.370 e. The first kappa shape index (κ1) is 17.0. The molecule has 1 heterocycles. The molecule has 0 saturated carbocycles. The van der Waals surface area contributed by atoms with Crippen LogP contribution >= 0.6 is 0 Å². The first-order valence-electron chi connectivity index (χ1n) is 8.62. The molecule has 0 saturated heterocycles. The van der Waals surface area contributed by atoms with Crippen LogP contribution in [0, 0.1) is 13.8 Å². The van der Waals surface area contributed by atoms with Gasteiger partial charge in [0.1, 0.15) is 5.82 Å². The van der Waals surface area contributed by atoms with Crippen molar-refractivity contribution >= 4 is 11.8 Å². The lowest BCUT2D eigenvalue weighted by atomic mass is 10.0. The first-order chi connectivity index (χ1) is 12.1. The summed E-state index contributed by atoms with van der Waals surface area (Å²) in [6, 6.07) is 18.7. The van der Waals surface area contributed by atoms with Gasteiger partial charge in [-0.2, -0.15) is 4.98 Å². The molecule has 0 fully saturated rings. The third-order valence-electron chi connectivity index (χ3n) is 4.42. The van der Waals surface area contributed by atoms with E-state index in [4.69, 9.17) is 5.73 Å². The Kier molecular flexibility index (Phi) is 5.29. The number of nitrogens with two attached hydrogens (primary N) is 1. The number of hydrogen-bond acceptors (Lipinski definition) is 4. The Hall–Kier alpha value is -2.88. The lowest BCUT2D eigenvalue weighted by Crippen LogP contribution is -2.07. The third-order valence-corrected chi connectivity index (χ3v) is 4.42. The minimum atomic E-state index is 0.295. The molecule has 0 unspecified atom stereocenters. The van der Waals surface area contributed by atoms with E-state index in [9.17, 15) is 0 Å². The zero-order valence-electron chi connectivity index (χ0n) is 14.8. The van der Waals surface area contributed by atoms with Crippen LogP contribution in [0.3, 0.4) is 0 Å². The van der Waals surface area contributed by atoms with E-state index >= 15 is 0 Å². The topological polar surface area (TPSA) is 63.8 Å². The Bertz CT molecular complexity index is 844. The van der Waals surface area contributed by atoms with E-state index in [2.05, 4.69) is 65.5 Å². The summed E-state index contributed by atoms with van der Waals surface area (Å²) < 4.78 is 0. The van der Waals surface area contributed by atoms with E-state index in [1.807, 2.05) is 18.2 Å². The summed E-state index contributed by atoms with van der Waals surface area (Å²) in [5.74, 6) is 1.07. The quantitative estimate of drug-likeness (QED) is 0.657. The molecule has 2 aromatic carbocycles. The maximum absolute atomic E-state index is 5.92. The number of aromatic nitrogens is 2. The SMILES string of the molecule is Cc1cccc(-c2cc(NCCCc3ccccc3)nc(N)n2)c1C. The lowest BCUT2D eigenvalue weighted by Gasteiger charge is -2.11. The second kappa shape index (κ2) is 7.79. The Morgan fingerprint density at radius 2 is 1.76 bits per heavy atom. The minimum absolute atomic E-state index is 0.295. The van der Waals surface area contributed by atoms with Crippen molar-refractivity contribution in [3.8, 4) is 11.3 Å². The number of nitrogens with zero attached hydrogens (tertiary/aromatic N) is 2. The van der Waals surface area contributed by atoms with Crippen LogP contribution in [0.5, 0.6) is 0 Å². The Balaban J connectivity index is 1.68. The predicted molar refractivity (Wildman–Crippen MR) is 105 cm³/mol. The Morgan fingerprint density at radius 1 is 0.960 bits per heavy atom. The molecule has 4 nitrogen and oxygen atoms in total. The highest BCUT2D eigenvalue weighted by molar-refractivity contribution is 5.68. The first-order valence-corrected chi connectivity index (χ1v) is 8.62. The molecule has 3 rings (SSSR count). The summed E-state index contributed by atoms with van der Waals surface area (Å²) in [6.45, 7) is 5.06. The monoisotopic (exact) mass is 332 g/mol. The zero-order valence-corrected chi connectivity index (χ0v) is 14.8. The van der Waals surface area contributed by atoms with Gasteiger partial charge in [0.25, 0.3) is 0 Å². The molecule has 25 heavy (non-hydrogen) atoms. The highest BCUT2D eigenvalue weighted by Crippen LogP contribution is 2.26. The van der Waals surface area contributed by atoms with E-state index < -0.39 is 0 Å². The summed E-state index contributed by atoms with van der Waals surface area (Å²) in [5.41, 5.74) is 11.7. The molecule has 3 aromatic rings. The number of nitrogens with one attached hydrogen (secondary N) is 1. The van der Waals surface area contributed by atoms with Gasteiger partial charge in [0.05, 0.1) is 5.69 Å². The van der Waals surface area contributed by atoms with Crippen LogP contribution in [0.25, 0.3) is 11.3 Å². The van der Waals surface area contributed by atoms with Crippen LogP contribution in [0.2, 0.25) is 0 Å². The van der Waals surface area contributed by atoms with Gasteiger partial charge in [-0.15, -0.1) is 0 Å². The predicted octanol–water partition coefficient (Wildman–Crippen LogP) is 4.39. The molecule has 1 aromatic heterocycles. The van der Waals surface area contributed by atoms with Crippen molar-refractivity contribution in [2.45, 2.75) is 26.7 Å². The Labute approximate surface area is 149 Å². The number of anilines is 2. The normalized spacial score (nSPS) is 10.6. The molecule has 0 amide bonds. The lowest BCUT2D eigenvalue weighted by molar-refractivity contribution is 0.858. The third kappa shape index (κ3) is 4.35. The summed E-state index contributed by atoms with van der Waals surface area (Å²) in [7, 11) is 0. The molecule has 0 atom stereocenters. The van der Waals surface area contributed by atoms with Gasteiger partial charge < -0.3 is 11.1 Å². The van der Waals surface area contributed by atoms with Crippen LogP contribution in [-0.4, -0.2) is 16.5 Å². The van der Waals surface area contributed by atoms with Crippen LogP contribution < -0.4 is 11.1 Å². The Morgan fingerprint density at radius 3 is 2.56 bits per heavy atom. The van der Waals surface area contributed by atoms with Gasteiger partial charge >= 0.3 is 0 Å². The average Bonchev–Trinajstić information content (AvgIpc) is 2.61. The summed E-state index contributed by atoms with van der Waals surface area (Å²) in [4.78, 5) is 8.72. The summed E-state index contributed by atoms with van der Waals surface area (Å²) in [5, 5.41) is 3.37. The van der Waals surface area contributed by atoms with Gasteiger partial charge in [-0.1, -0.05) is 48.5 Å². The van der Waals surface area contributed by atoms with Crippen molar-refractivity contribution < 1.29 is 0 Å². The van der Waals surface area contributed by atoms with Crippen LogP contribution in [0.4, 0.5) is 11.8 Å². The van der Waals surface area contributed by atoms with Gasteiger partial charge in [-0.05, 0) is 43.4 Å². The van der Waals surface area contributed by atoms with E-state index in [0.29, 0.717) is 5.95 Å². The fraction of sp³-hybridized carbons (Fsp3) is 0.238. The van der Waals surface area contributed by atoms with Crippen LogP contribution in [-0.2, 0) is 6.42 Å². The van der Waals surface area contributed by atoms with E-state index in [1.165, 1.54) is 16.7 Å². The molecule has 0 aliphatic rings. The standard InChI is InChI=1S/C21H24N4/c1-15-8-6-12-18(16(15)2)19-14-20(25-21(22)24-19)23-13-7-11-17-9-4-3-5-10-17/h3-6,8-10,12,14H,7,11,13H2,1-2H3,(H3,22,23,24,25). The molecular formula is C21H24N4. The summed E-state index contributed by atoms with van der Waals surface area (Å²) in [6.07, 6.45) is 2.07. The van der Waals surface area contributed by atoms with Crippen molar-refractivity contribution in [1.82, 2.24) is 9.97 Å². The van der Waals surface area contributed by atoms with Crippen molar-refractivity contribution in [1.29, 1.82) is 0 Å². The average molecular weight is 332 g/mol. The van der Waals surface area contributed by atoms with Crippen LogP contribution in [0.1, 0.15) is 23.1 Å². The number of nitrogen functional groups attached to an aromatic ring is 1. The van der Waals surface area contributed by atoms with Gasteiger partial charge in [-0.3, -0.25) is 0 Å². The van der Waals surface area contributed by atoms with Gasteiger partial charge in [0.15, 0.2) is 0 Å². The fourth-order valence-corrected chi connectivity index (χ4v) is 2.88. The molecular weight excluding hydrogens is 308 g/mol. The van der Waals surface area contributed by atoms with Crippen molar-refractivity contribution in [2.75, 3.05) is 17.6 Å². The van der Waals surface area contributed by atoms with Crippen molar-refractivity contribution in [3.63, 3.8) is 0 Å². The largest absolute Gasteiger partial charge is 0.370 e.